The van der Waals surface area contributed by atoms with E-state index in [4.69, 9.17) is 20.9 Å². The summed E-state index contributed by atoms with van der Waals surface area (Å²) in [6, 6.07) is 39.0. The van der Waals surface area contributed by atoms with E-state index in [0.29, 0.717) is 5.02 Å². The maximum atomic E-state index is 7.10. The van der Waals surface area contributed by atoms with Crippen LogP contribution in [0, 0.1) is 0 Å². The first-order valence-electron chi connectivity index (χ1n) is 14.6. The minimum Gasteiger partial charge on any atom is -0.399 e. The van der Waals surface area contributed by atoms with Gasteiger partial charge < -0.3 is 9.31 Å². The summed E-state index contributed by atoms with van der Waals surface area (Å²) in [6.07, 6.45) is 0. The highest BCUT2D eigenvalue weighted by Gasteiger charge is 2.52. The summed E-state index contributed by atoms with van der Waals surface area (Å²) in [6.45, 7) is 8.37. The highest BCUT2D eigenvalue weighted by atomic mass is 35.5. The van der Waals surface area contributed by atoms with Gasteiger partial charge in [0.25, 0.3) is 0 Å². The van der Waals surface area contributed by atoms with Crippen LogP contribution in [-0.2, 0) is 9.31 Å². The van der Waals surface area contributed by atoms with E-state index in [1.807, 2.05) is 6.07 Å². The smallest absolute Gasteiger partial charge is 0.399 e. The normalized spacial score (nSPS) is 16.4. The van der Waals surface area contributed by atoms with Gasteiger partial charge in [-0.15, -0.1) is 0 Å². The van der Waals surface area contributed by atoms with Gasteiger partial charge in [-0.05, 0) is 99.9 Å². The highest BCUT2D eigenvalue weighted by Crippen LogP contribution is 2.58. The fraction of sp³-hybridized carbons (Fsp3) is 0.158. The summed E-state index contributed by atoms with van der Waals surface area (Å²) >= 11 is 7.10. The molecule has 6 aromatic carbocycles. The van der Waals surface area contributed by atoms with Crippen LogP contribution in [-0.4, -0.2) is 18.3 Å². The molecule has 204 valence electrons. The van der Waals surface area contributed by atoms with Gasteiger partial charge in [0.15, 0.2) is 0 Å². The molecular formula is C38H30BClO2. The topological polar surface area (TPSA) is 18.5 Å². The van der Waals surface area contributed by atoms with Crippen LogP contribution < -0.4 is 5.46 Å². The number of hydrogen-bond donors (Lipinski definition) is 0. The lowest BCUT2D eigenvalue weighted by Crippen LogP contribution is -2.41. The highest BCUT2D eigenvalue weighted by molar-refractivity contribution is 6.66. The second-order valence-corrected chi connectivity index (χ2v) is 12.8. The maximum absolute atomic E-state index is 7.10. The predicted octanol–water partition coefficient (Wildman–Crippen LogP) is 9.93. The zero-order valence-electron chi connectivity index (χ0n) is 24.2. The SMILES string of the molecule is CC1(C)OB(c2ccc3c4c(ccc(Cl)c24)-c2c-3c(-c3ccccc3)c3ccccc3c2-c2ccccc2)OC1(C)C. The number of rotatable bonds is 3. The molecule has 1 aliphatic heterocycles. The van der Waals surface area contributed by atoms with Crippen molar-refractivity contribution in [3.63, 3.8) is 0 Å². The van der Waals surface area contributed by atoms with E-state index in [-0.39, 0.29) is 0 Å². The van der Waals surface area contributed by atoms with E-state index < -0.39 is 18.3 Å². The van der Waals surface area contributed by atoms with Crippen LogP contribution in [0.25, 0.3) is 66.1 Å². The number of benzene rings is 6. The molecule has 8 rings (SSSR count). The molecule has 1 fully saturated rings. The van der Waals surface area contributed by atoms with Crippen LogP contribution in [0.3, 0.4) is 0 Å². The van der Waals surface area contributed by atoms with Crippen LogP contribution in [0.2, 0.25) is 5.02 Å². The molecule has 4 heteroatoms. The molecule has 1 saturated heterocycles. The van der Waals surface area contributed by atoms with Crippen LogP contribution in [0.4, 0.5) is 0 Å². The van der Waals surface area contributed by atoms with Gasteiger partial charge in [0.2, 0.25) is 0 Å². The lowest BCUT2D eigenvalue weighted by atomic mass is 9.75. The molecule has 0 atom stereocenters. The maximum Gasteiger partial charge on any atom is 0.495 e. The van der Waals surface area contributed by atoms with Crippen LogP contribution in [0.15, 0.2) is 109 Å². The molecule has 0 N–H and O–H groups in total. The molecule has 0 saturated carbocycles. The lowest BCUT2D eigenvalue weighted by Gasteiger charge is -2.32. The summed E-state index contributed by atoms with van der Waals surface area (Å²) < 4.78 is 13.1. The van der Waals surface area contributed by atoms with Gasteiger partial charge in [-0.25, -0.2) is 0 Å². The van der Waals surface area contributed by atoms with Crippen molar-refractivity contribution in [1.82, 2.24) is 0 Å². The molecule has 2 nitrogen and oxygen atoms in total. The van der Waals surface area contributed by atoms with Gasteiger partial charge in [0.05, 0.1) is 11.2 Å². The number of halogens is 1. The Kier molecular flexibility index (Phi) is 5.56. The molecule has 1 heterocycles. The van der Waals surface area contributed by atoms with Crippen molar-refractivity contribution >= 4 is 45.7 Å². The average molecular weight is 565 g/mol. The van der Waals surface area contributed by atoms with Gasteiger partial charge >= 0.3 is 7.12 Å². The van der Waals surface area contributed by atoms with E-state index in [1.165, 1.54) is 55.3 Å². The van der Waals surface area contributed by atoms with Crippen molar-refractivity contribution in [2.45, 2.75) is 38.9 Å². The number of hydrogen-bond acceptors (Lipinski definition) is 2. The largest absolute Gasteiger partial charge is 0.495 e. The first kappa shape index (κ1) is 25.8. The van der Waals surface area contributed by atoms with Crippen molar-refractivity contribution in [3.8, 4) is 44.5 Å². The monoisotopic (exact) mass is 564 g/mol. The molecule has 0 bridgehead atoms. The molecule has 1 aliphatic carbocycles. The minimum atomic E-state index is -0.512. The molecule has 42 heavy (non-hydrogen) atoms. The fourth-order valence-corrected chi connectivity index (χ4v) is 7.12. The second-order valence-electron chi connectivity index (χ2n) is 12.4. The van der Waals surface area contributed by atoms with Crippen molar-refractivity contribution in [1.29, 1.82) is 0 Å². The van der Waals surface area contributed by atoms with Gasteiger partial charge in [0.1, 0.15) is 0 Å². The average Bonchev–Trinajstić information content (AvgIpc) is 3.43. The molecule has 0 radical (unpaired) electrons. The molecule has 0 unspecified atom stereocenters. The molecular weight excluding hydrogens is 535 g/mol. The minimum absolute atomic E-state index is 0.450. The van der Waals surface area contributed by atoms with Crippen LogP contribution in [0.1, 0.15) is 27.7 Å². The van der Waals surface area contributed by atoms with E-state index in [9.17, 15) is 0 Å². The Balaban J connectivity index is 1.52. The Morgan fingerprint density at radius 1 is 0.500 bits per heavy atom. The van der Waals surface area contributed by atoms with Gasteiger partial charge in [0, 0.05) is 10.4 Å². The van der Waals surface area contributed by atoms with Crippen molar-refractivity contribution < 1.29 is 9.31 Å². The summed E-state index contributed by atoms with van der Waals surface area (Å²) in [7, 11) is -0.512. The Labute approximate surface area is 252 Å². The van der Waals surface area contributed by atoms with Gasteiger partial charge in [-0.3, -0.25) is 0 Å². The quantitative estimate of drug-likeness (QED) is 0.199. The zero-order valence-corrected chi connectivity index (χ0v) is 24.9. The van der Waals surface area contributed by atoms with E-state index in [2.05, 4.69) is 131 Å². The van der Waals surface area contributed by atoms with Crippen molar-refractivity contribution in [2.24, 2.45) is 0 Å². The molecule has 2 aliphatic rings. The van der Waals surface area contributed by atoms with E-state index in [0.717, 1.165) is 16.2 Å². The van der Waals surface area contributed by atoms with Crippen LogP contribution >= 0.6 is 11.6 Å². The van der Waals surface area contributed by atoms with Gasteiger partial charge in [-0.1, -0.05) is 115 Å². The third-order valence-corrected chi connectivity index (χ3v) is 9.84. The van der Waals surface area contributed by atoms with E-state index >= 15 is 0 Å². The third kappa shape index (κ3) is 3.54. The van der Waals surface area contributed by atoms with Crippen molar-refractivity contribution in [3.05, 3.63) is 114 Å². The summed E-state index contributed by atoms with van der Waals surface area (Å²) in [5.74, 6) is 0. The third-order valence-electron chi connectivity index (χ3n) is 9.53. The fourth-order valence-electron chi connectivity index (χ4n) is 6.85. The van der Waals surface area contributed by atoms with E-state index in [1.54, 1.807) is 0 Å². The molecule has 0 spiro atoms. The number of fused-ring (bicyclic) bond motifs is 4. The summed E-state index contributed by atoms with van der Waals surface area (Å²) in [5, 5.41) is 5.35. The Morgan fingerprint density at radius 2 is 0.952 bits per heavy atom. The predicted molar refractivity (Wildman–Crippen MR) is 177 cm³/mol. The standard InChI is InChI=1S/C38H30BClO2/c1-37(2)38(3,4)42-39(41-37)29-21-19-27-33-28(20-22-30(40)36(29)33)35-32(24-15-9-6-10-16-24)26-18-12-11-17-25(26)31(34(27)35)23-13-7-5-8-14-23/h5-22H,1-4H3. The lowest BCUT2D eigenvalue weighted by molar-refractivity contribution is 0.00578. The Bertz CT molecular complexity index is 1940. The first-order valence-corrected chi connectivity index (χ1v) is 15.0. The molecule has 0 aromatic heterocycles. The Hall–Kier alpha value is -3.89. The second kappa shape index (κ2) is 9.06. The Morgan fingerprint density at radius 3 is 1.45 bits per heavy atom. The molecule has 0 amide bonds. The summed E-state index contributed by atoms with van der Waals surface area (Å²) in [5.41, 5.74) is 9.86. The first-order chi connectivity index (χ1) is 20.3. The zero-order chi connectivity index (χ0) is 28.8. The molecule has 6 aromatic rings. The van der Waals surface area contributed by atoms with Gasteiger partial charge in [-0.2, -0.15) is 0 Å². The summed E-state index contributed by atoms with van der Waals surface area (Å²) in [4.78, 5) is 0. The van der Waals surface area contributed by atoms with Crippen LogP contribution in [0.5, 0.6) is 0 Å². The van der Waals surface area contributed by atoms with Crippen molar-refractivity contribution in [2.75, 3.05) is 0 Å².